The van der Waals surface area contributed by atoms with Gasteiger partial charge in [-0.3, -0.25) is 4.55 Å². The maximum absolute atomic E-state index is 12.0. The summed E-state index contributed by atoms with van der Waals surface area (Å²) in [4.78, 5) is 2.10. The van der Waals surface area contributed by atoms with Crippen molar-refractivity contribution in [3.63, 3.8) is 0 Å². The highest BCUT2D eigenvalue weighted by molar-refractivity contribution is 7.85. The zero-order valence-electron chi connectivity index (χ0n) is 33.2. The summed E-state index contributed by atoms with van der Waals surface area (Å²) in [7, 11) is -0.938. The van der Waals surface area contributed by atoms with E-state index in [1.165, 1.54) is 6.07 Å². The molecule has 5 rings (SSSR count). The molecule has 0 spiro atoms. The fraction of sp³-hybridized carbons (Fsp3) is 0.326. The first kappa shape index (κ1) is 42.1. The van der Waals surface area contributed by atoms with Gasteiger partial charge >= 0.3 is 0 Å². The van der Waals surface area contributed by atoms with E-state index in [0.29, 0.717) is 19.6 Å². The maximum atomic E-state index is 12.0. The third-order valence-corrected chi connectivity index (χ3v) is 11.1. The van der Waals surface area contributed by atoms with Crippen molar-refractivity contribution >= 4 is 21.9 Å². The first-order chi connectivity index (χ1) is 26.9. The van der Waals surface area contributed by atoms with Gasteiger partial charge in [0.05, 0.1) is 16.7 Å². The number of ether oxygens (including phenoxy) is 2. The van der Waals surface area contributed by atoms with Crippen LogP contribution in [0.2, 0.25) is 0 Å². The summed E-state index contributed by atoms with van der Waals surface area (Å²) >= 11 is 0. The van der Waals surface area contributed by atoms with E-state index in [1.54, 1.807) is 26.4 Å². The predicted molar refractivity (Wildman–Crippen MR) is 227 cm³/mol. The van der Waals surface area contributed by atoms with Crippen LogP contribution in [0.3, 0.4) is 0 Å². The van der Waals surface area contributed by atoms with E-state index >= 15 is 0 Å². The Bertz CT molecular complexity index is 2250. The molecule has 2 aromatic rings. The van der Waals surface area contributed by atoms with Crippen molar-refractivity contribution in [2.75, 3.05) is 52.0 Å². The fourth-order valence-corrected chi connectivity index (χ4v) is 7.75. The summed E-state index contributed by atoms with van der Waals surface area (Å²) in [6.07, 6.45) is 17.1. The number of aliphatic hydroxyl groups is 1. The summed E-state index contributed by atoms with van der Waals surface area (Å²) < 4.78 is 53.4. The molecule has 2 aliphatic heterocycles. The molecule has 0 saturated carbocycles. The van der Waals surface area contributed by atoms with E-state index in [9.17, 15) is 18.1 Å². The van der Waals surface area contributed by atoms with E-state index in [-0.39, 0.29) is 10.7 Å². The van der Waals surface area contributed by atoms with Gasteiger partial charge < -0.3 is 23.9 Å². The van der Waals surface area contributed by atoms with Crippen molar-refractivity contribution in [2.24, 2.45) is 0 Å². The van der Waals surface area contributed by atoms with Crippen molar-refractivity contribution in [2.45, 2.75) is 56.8 Å². The number of nitrogens with zero attached hydrogens (tertiary/aromatic N) is 2. The van der Waals surface area contributed by atoms with Gasteiger partial charge in [-0.05, 0) is 72.9 Å². The first-order valence-electron chi connectivity index (χ1n) is 19.0. The van der Waals surface area contributed by atoms with E-state index in [2.05, 4.69) is 85.4 Å². The smallest absolute Gasteiger partial charge is 0.294 e. The average molecular weight is 780 g/mol. The molecule has 0 bridgehead atoms. The number of allylic oxidation sites excluding steroid dienone is 8. The van der Waals surface area contributed by atoms with Gasteiger partial charge in [-0.2, -0.15) is 8.42 Å². The summed E-state index contributed by atoms with van der Waals surface area (Å²) in [5, 5.41) is 10.5. The summed E-state index contributed by atoms with van der Waals surface area (Å²) in [6, 6.07) is 21.5. The Balaban J connectivity index is 1.43. The lowest BCUT2D eigenvalue weighted by Gasteiger charge is -2.27. The third-order valence-electron chi connectivity index (χ3n) is 10.2. The normalized spacial score (nSPS) is 14.9. The molecule has 10 heteroatoms. The molecule has 0 radical (unpaired) electrons. The number of rotatable bonds is 18. The quantitative estimate of drug-likeness (QED) is 0.0338. The molecule has 0 aromatic heterocycles. The molecular formula is C46H55N2O7S+. The van der Waals surface area contributed by atoms with Crippen molar-refractivity contribution in [1.29, 1.82) is 0 Å². The van der Waals surface area contributed by atoms with E-state index in [0.717, 1.165) is 95.0 Å². The van der Waals surface area contributed by atoms with Crippen molar-refractivity contribution < 1.29 is 32.0 Å². The van der Waals surface area contributed by atoms with Gasteiger partial charge in [0.25, 0.3) is 10.1 Å². The van der Waals surface area contributed by atoms with Crippen LogP contribution in [0, 0.1) is 6.92 Å². The number of unbranched alkanes of at least 4 members (excludes halogenated alkanes) is 2. The zero-order valence-corrected chi connectivity index (χ0v) is 34.0. The number of benzene rings is 3. The molecule has 0 fully saturated rings. The predicted octanol–water partition coefficient (Wildman–Crippen LogP) is 9.11. The molecule has 0 saturated heterocycles. The number of fused-ring (bicyclic) bond motifs is 2. The number of methoxy groups -OCH3 is 2. The molecule has 0 amide bonds. The molecule has 56 heavy (non-hydrogen) atoms. The Morgan fingerprint density at radius 1 is 0.911 bits per heavy atom. The fourth-order valence-electron chi connectivity index (χ4n) is 7.24. The van der Waals surface area contributed by atoms with Crippen molar-refractivity contribution in [3.8, 4) is 22.5 Å². The number of hydrogen-bond donors (Lipinski definition) is 2. The van der Waals surface area contributed by atoms with Crippen molar-refractivity contribution in [1.82, 2.24) is 4.58 Å². The maximum Gasteiger partial charge on any atom is 0.294 e. The van der Waals surface area contributed by atoms with Crippen LogP contribution in [0.25, 0.3) is 28.5 Å². The highest BCUT2D eigenvalue weighted by Crippen LogP contribution is 2.48. The van der Waals surface area contributed by atoms with Crippen LogP contribution in [0.15, 0.2) is 131 Å². The first-order valence-corrected chi connectivity index (χ1v) is 20.5. The van der Waals surface area contributed by atoms with Crippen LogP contribution in [0.1, 0.15) is 56.4 Å². The number of anilines is 1. The average Bonchev–Trinajstić information content (AvgIpc) is 3.38. The van der Waals surface area contributed by atoms with Crippen LogP contribution < -0.4 is 14.8 Å². The molecule has 296 valence electrons. The van der Waals surface area contributed by atoms with Gasteiger partial charge in [0, 0.05) is 61.2 Å². The van der Waals surface area contributed by atoms with Gasteiger partial charge in [0.2, 0.25) is 5.36 Å². The van der Waals surface area contributed by atoms with Gasteiger partial charge in [-0.25, -0.2) is 4.58 Å². The van der Waals surface area contributed by atoms with Gasteiger partial charge in [-0.1, -0.05) is 87.6 Å². The van der Waals surface area contributed by atoms with Gasteiger partial charge in [-0.15, -0.1) is 0 Å². The lowest BCUT2D eigenvalue weighted by molar-refractivity contribution is 0.170. The van der Waals surface area contributed by atoms with E-state index in [1.807, 2.05) is 42.5 Å². The van der Waals surface area contributed by atoms with Crippen LogP contribution in [0.5, 0.6) is 0 Å². The summed E-state index contributed by atoms with van der Waals surface area (Å²) in [6.45, 7) is 13.2. The van der Waals surface area contributed by atoms with Crippen LogP contribution >= 0.6 is 0 Å². The molecule has 2 N–H and O–H groups in total. The largest absolute Gasteiger partial charge is 0.513 e. The summed E-state index contributed by atoms with van der Waals surface area (Å²) in [5.41, 5.74) is 6.58. The Morgan fingerprint density at radius 2 is 1.61 bits per heavy atom. The second kappa shape index (κ2) is 19.2. The molecule has 0 unspecified atom stereocenters. The molecular weight excluding hydrogens is 725 g/mol. The van der Waals surface area contributed by atoms with E-state index < -0.39 is 15.5 Å². The standard InChI is InChI=1S/C46H54N2O7S/c1-34(49)18-12-11-17-27-48-41-26-24-38(56(50,51)52)33-40(41)46(3,4)44(48)22-16-9-7-8-15-21-42-35(2)45(36-19-13-10-14-20-36)39-25-23-37(32-43(39)55-42)47(28-30-53-5)29-31-54-6/h7-10,13-16,19-26,32-33H,1,11-12,17-18,27-31H2,2-6H3,(H-,49,50,51,52)/p+1. The minimum atomic E-state index is -4.35. The Hall–Kier alpha value is -5.00. The highest BCUT2D eigenvalue weighted by Gasteiger charge is 2.40. The van der Waals surface area contributed by atoms with Crippen molar-refractivity contribution in [3.05, 3.63) is 143 Å². The molecule has 2 aromatic carbocycles. The lowest BCUT2D eigenvalue weighted by atomic mass is 9.83. The Morgan fingerprint density at radius 3 is 2.29 bits per heavy atom. The molecule has 0 atom stereocenters. The topological polar surface area (TPSA) is 112 Å². The summed E-state index contributed by atoms with van der Waals surface area (Å²) in [5.74, 6) is 1.74. The number of aliphatic hydroxyl groups excluding tert-OH is 1. The van der Waals surface area contributed by atoms with Gasteiger partial charge in [0.1, 0.15) is 24.7 Å². The minimum absolute atomic E-state index is 0.118. The molecule has 2 heterocycles. The monoisotopic (exact) mass is 779 g/mol. The van der Waals surface area contributed by atoms with Crippen LogP contribution in [0.4, 0.5) is 5.69 Å². The van der Waals surface area contributed by atoms with Crippen LogP contribution in [-0.2, 0) is 25.0 Å². The van der Waals surface area contributed by atoms with Crippen LogP contribution in [-0.4, -0.2) is 65.1 Å². The number of hydrogen-bond acceptors (Lipinski definition) is 7. The lowest BCUT2D eigenvalue weighted by Crippen LogP contribution is -2.35. The Labute approximate surface area is 332 Å². The molecule has 9 nitrogen and oxygen atoms in total. The SMILES string of the molecule is C=C(O)CCCCCN1/C(=C/C=C/C=C/C=C/c2oc3cc(=[N+](CCOC)CCOC)ccc-3c(-c3ccccc3)c2C)C(C)(C)c2cc(S(=O)(=O)O)ccc21. The molecule has 3 aliphatic rings. The highest BCUT2D eigenvalue weighted by atomic mass is 32.2. The zero-order chi connectivity index (χ0) is 40.3. The Kier molecular flexibility index (Phi) is 14.5. The minimum Gasteiger partial charge on any atom is -0.513 e. The second-order valence-corrected chi connectivity index (χ2v) is 15.9. The third kappa shape index (κ3) is 10.2. The van der Waals surface area contributed by atoms with E-state index in [4.69, 9.17) is 13.9 Å². The van der Waals surface area contributed by atoms with Gasteiger partial charge in [0.15, 0.2) is 13.1 Å². The second-order valence-electron chi connectivity index (χ2n) is 14.5. The molecule has 1 aliphatic carbocycles.